The van der Waals surface area contributed by atoms with E-state index < -0.39 is 0 Å². The third kappa shape index (κ3) is 2.24. The molecule has 0 bridgehead atoms. The van der Waals surface area contributed by atoms with Gasteiger partial charge in [-0.25, -0.2) is 0 Å². The number of rotatable bonds is 2. The number of aromatic nitrogens is 1. The van der Waals surface area contributed by atoms with Crippen molar-refractivity contribution in [3.05, 3.63) is 71.4 Å². The zero-order valence-corrected chi connectivity index (χ0v) is 12.5. The van der Waals surface area contributed by atoms with Gasteiger partial charge in [-0.15, -0.1) is 0 Å². The Morgan fingerprint density at radius 1 is 1.09 bits per heavy atom. The van der Waals surface area contributed by atoms with Crippen LogP contribution in [0.2, 0.25) is 0 Å². The molecule has 3 heteroatoms. The van der Waals surface area contributed by atoms with Gasteiger partial charge in [-0.3, -0.25) is 4.98 Å². The molecule has 0 amide bonds. The van der Waals surface area contributed by atoms with Gasteiger partial charge in [0.2, 0.25) is 0 Å². The molecular weight excluding hydrogens is 272 g/mol. The van der Waals surface area contributed by atoms with E-state index in [4.69, 9.17) is 9.72 Å². The lowest BCUT2D eigenvalue weighted by Gasteiger charge is -2.27. The smallest absolute Gasteiger partial charge is 0.119 e. The van der Waals surface area contributed by atoms with Gasteiger partial charge in [0.15, 0.2) is 0 Å². The van der Waals surface area contributed by atoms with Crippen molar-refractivity contribution in [3.63, 3.8) is 0 Å². The van der Waals surface area contributed by atoms with Gasteiger partial charge < -0.3 is 10.1 Å². The standard InChI is InChI=1S/C19H18N2O/c1-22-15-7-8-16-14(12-15)10-11-20-19(16)18-9-6-13-4-2-3-5-17(13)21-18/h2-9,12,19-20H,10-11H2,1H3. The van der Waals surface area contributed by atoms with Gasteiger partial charge in [-0.2, -0.15) is 0 Å². The molecule has 0 saturated heterocycles. The van der Waals surface area contributed by atoms with E-state index in [9.17, 15) is 0 Å². The monoisotopic (exact) mass is 290 g/mol. The number of hydrogen-bond donors (Lipinski definition) is 1. The van der Waals surface area contributed by atoms with E-state index in [1.165, 1.54) is 16.5 Å². The van der Waals surface area contributed by atoms with Crippen molar-refractivity contribution < 1.29 is 4.74 Å². The van der Waals surface area contributed by atoms with Crippen molar-refractivity contribution in [1.29, 1.82) is 0 Å². The second-order valence-electron chi connectivity index (χ2n) is 5.63. The van der Waals surface area contributed by atoms with E-state index in [-0.39, 0.29) is 6.04 Å². The Bertz CT molecular complexity index is 829. The number of ether oxygens (including phenoxy) is 1. The number of nitrogens with one attached hydrogen (secondary N) is 1. The molecule has 110 valence electrons. The summed E-state index contributed by atoms with van der Waals surface area (Å²) < 4.78 is 5.34. The lowest BCUT2D eigenvalue weighted by molar-refractivity contribution is 0.413. The van der Waals surface area contributed by atoms with Gasteiger partial charge >= 0.3 is 0 Å². The van der Waals surface area contributed by atoms with Crippen molar-refractivity contribution in [2.24, 2.45) is 0 Å². The van der Waals surface area contributed by atoms with E-state index >= 15 is 0 Å². The summed E-state index contributed by atoms with van der Waals surface area (Å²) in [6, 6.07) is 19.0. The molecule has 1 atom stereocenters. The lowest BCUT2D eigenvalue weighted by atomic mass is 9.92. The topological polar surface area (TPSA) is 34.1 Å². The molecule has 0 aliphatic carbocycles. The summed E-state index contributed by atoms with van der Waals surface area (Å²) in [5.74, 6) is 0.922. The number of nitrogens with zero attached hydrogens (tertiary/aromatic N) is 1. The van der Waals surface area contributed by atoms with Crippen LogP contribution in [0.1, 0.15) is 22.9 Å². The zero-order valence-electron chi connectivity index (χ0n) is 12.5. The number of para-hydroxylation sites is 1. The molecule has 0 saturated carbocycles. The van der Waals surface area contributed by atoms with Crippen LogP contribution >= 0.6 is 0 Å². The Labute approximate surface area is 130 Å². The minimum atomic E-state index is 0.152. The van der Waals surface area contributed by atoms with Crippen LogP contribution in [-0.4, -0.2) is 18.6 Å². The second kappa shape index (κ2) is 5.43. The third-order valence-corrected chi connectivity index (χ3v) is 4.32. The number of pyridine rings is 1. The molecule has 3 aromatic rings. The van der Waals surface area contributed by atoms with Gasteiger partial charge in [-0.1, -0.05) is 30.3 Å². The van der Waals surface area contributed by atoms with Crippen LogP contribution in [0.3, 0.4) is 0 Å². The minimum Gasteiger partial charge on any atom is -0.497 e. The molecule has 2 aromatic carbocycles. The average molecular weight is 290 g/mol. The van der Waals surface area contributed by atoms with Crippen molar-refractivity contribution in [2.45, 2.75) is 12.5 Å². The van der Waals surface area contributed by atoms with E-state index in [0.717, 1.165) is 29.9 Å². The van der Waals surface area contributed by atoms with Crippen LogP contribution in [0.4, 0.5) is 0 Å². The van der Waals surface area contributed by atoms with Crippen LogP contribution in [0.5, 0.6) is 5.75 Å². The Morgan fingerprint density at radius 2 is 2.00 bits per heavy atom. The molecule has 0 spiro atoms. The molecule has 3 nitrogen and oxygen atoms in total. The number of methoxy groups -OCH3 is 1. The molecular formula is C19H18N2O. The van der Waals surface area contributed by atoms with Gasteiger partial charge in [0.05, 0.1) is 24.4 Å². The quantitative estimate of drug-likeness (QED) is 0.784. The highest BCUT2D eigenvalue weighted by molar-refractivity contribution is 5.78. The number of hydrogen-bond acceptors (Lipinski definition) is 3. The molecule has 1 unspecified atom stereocenters. The van der Waals surface area contributed by atoms with Gasteiger partial charge in [-0.05, 0) is 41.8 Å². The maximum atomic E-state index is 5.34. The predicted octanol–water partition coefficient (Wildman–Crippen LogP) is 3.48. The van der Waals surface area contributed by atoms with Crippen molar-refractivity contribution in [3.8, 4) is 5.75 Å². The highest BCUT2D eigenvalue weighted by Gasteiger charge is 2.22. The van der Waals surface area contributed by atoms with E-state index in [1.807, 2.05) is 18.2 Å². The summed E-state index contributed by atoms with van der Waals surface area (Å²) >= 11 is 0. The maximum absolute atomic E-state index is 5.34. The molecule has 4 rings (SSSR count). The van der Waals surface area contributed by atoms with Gasteiger partial charge in [0.1, 0.15) is 5.75 Å². The molecule has 1 aliphatic rings. The Morgan fingerprint density at radius 3 is 2.91 bits per heavy atom. The van der Waals surface area contributed by atoms with E-state index in [1.54, 1.807) is 7.11 Å². The molecule has 0 fully saturated rings. The average Bonchev–Trinajstić information content (AvgIpc) is 2.60. The zero-order chi connectivity index (χ0) is 14.9. The first-order valence-electron chi connectivity index (χ1n) is 7.61. The third-order valence-electron chi connectivity index (χ3n) is 4.32. The Hall–Kier alpha value is -2.39. The van der Waals surface area contributed by atoms with Crippen LogP contribution in [0.15, 0.2) is 54.6 Å². The van der Waals surface area contributed by atoms with Crippen molar-refractivity contribution in [2.75, 3.05) is 13.7 Å². The SMILES string of the molecule is COc1ccc2c(c1)CCNC2c1ccc2ccccc2n1. The molecule has 2 heterocycles. The largest absolute Gasteiger partial charge is 0.497 e. The summed E-state index contributed by atoms with van der Waals surface area (Å²) in [7, 11) is 1.71. The minimum absolute atomic E-state index is 0.152. The Kier molecular flexibility index (Phi) is 3.28. The fourth-order valence-corrected chi connectivity index (χ4v) is 3.17. The number of fused-ring (bicyclic) bond motifs is 2. The highest BCUT2D eigenvalue weighted by atomic mass is 16.5. The fourth-order valence-electron chi connectivity index (χ4n) is 3.17. The predicted molar refractivity (Wildman–Crippen MR) is 88.3 cm³/mol. The van der Waals surface area contributed by atoms with Crippen LogP contribution in [-0.2, 0) is 6.42 Å². The molecule has 22 heavy (non-hydrogen) atoms. The Balaban J connectivity index is 1.79. The molecule has 1 aliphatic heterocycles. The normalized spacial score (nSPS) is 17.2. The maximum Gasteiger partial charge on any atom is 0.119 e. The van der Waals surface area contributed by atoms with Crippen LogP contribution < -0.4 is 10.1 Å². The first-order valence-corrected chi connectivity index (χ1v) is 7.61. The highest BCUT2D eigenvalue weighted by Crippen LogP contribution is 2.31. The molecule has 1 aromatic heterocycles. The fraction of sp³-hybridized carbons (Fsp3) is 0.211. The first kappa shape index (κ1) is 13.3. The van der Waals surface area contributed by atoms with Gasteiger partial charge in [0.25, 0.3) is 0 Å². The number of benzene rings is 2. The van der Waals surface area contributed by atoms with Crippen molar-refractivity contribution >= 4 is 10.9 Å². The lowest BCUT2D eigenvalue weighted by Crippen LogP contribution is -2.31. The molecule has 1 N–H and O–H groups in total. The summed E-state index contributed by atoms with van der Waals surface area (Å²) in [5, 5.41) is 4.77. The summed E-state index contributed by atoms with van der Waals surface area (Å²) in [4.78, 5) is 4.85. The van der Waals surface area contributed by atoms with Crippen LogP contribution in [0, 0.1) is 0 Å². The second-order valence-corrected chi connectivity index (χ2v) is 5.63. The first-order chi connectivity index (χ1) is 10.8. The summed E-state index contributed by atoms with van der Waals surface area (Å²) in [6.45, 7) is 0.958. The van der Waals surface area contributed by atoms with Gasteiger partial charge in [0, 0.05) is 11.9 Å². The molecule has 0 radical (unpaired) electrons. The van der Waals surface area contributed by atoms with E-state index in [2.05, 4.69) is 41.7 Å². The summed E-state index contributed by atoms with van der Waals surface area (Å²) in [5.41, 5.74) is 4.76. The van der Waals surface area contributed by atoms with E-state index in [0.29, 0.717) is 0 Å². The summed E-state index contributed by atoms with van der Waals surface area (Å²) in [6.07, 6.45) is 1.02. The van der Waals surface area contributed by atoms with Crippen LogP contribution in [0.25, 0.3) is 10.9 Å². The van der Waals surface area contributed by atoms with Crippen molar-refractivity contribution in [1.82, 2.24) is 10.3 Å².